The Bertz CT molecular complexity index is 921. The SMILES string of the molecule is Cc1cc(C)nc(O[C@H]2CCN(C(=O)CSc3nc4ccccc4o3)C2)n1. The number of ether oxygens (including phenoxy) is 1. The maximum absolute atomic E-state index is 12.5. The average molecular weight is 384 g/mol. The summed E-state index contributed by atoms with van der Waals surface area (Å²) in [5.74, 6) is 0.342. The minimum atomic E-state index is -0.0792. The molecular weight excluding hydrogens is 364 g/mol. The van der Waals surface area contributed by atoms with Crippen LogP contribution in [-0.4, -0.2) is 50.7 Å². The number of aromatic nitrogens is 3. The molecule has 1 aliphatic heterocycles. The van der Waals surface area contributed by atoms with Crippen molar-refractivity contribution < 1.29 is 13.9 Å². The van der Waals surface area contributed by atoms with E-state index in [1.54, 1.807) is 0 Å². The van der Waals surface area contributed by atoms with Gasteiger partial charge in [0.15, 0.2) is 5.58 Å². The minimum Gasteiger partial charge on any atom is -0.458 e. The topological polar surface area (TPSA) is 81.4 Å². The number of hydrogen-bond acceptors (Lipinski definition) is 7. The monoisotopic (exact) mass is 384 g/mol. The molecule has 2 aromatic heterocycles. The number of nitrogens with zero attached hydrogens (tertiary/aromatic N) is 4. The van der Waals surface area contributed by atoms with Crippen LogP contribution in [0.25, 0.3) is 11.1 Å². The van der Waals surface area contributed by atoms with E-state index < -0.39 is 0 Å². The normalized spacial score (nSPS) is 16.8. The van der Waals surface area contributed by atoms with Gasteiger partial charge in [0.1, 0.15) is 11.6 Å². The summed E-state index contributed by atoms with van der Waals surface area (Å²) < 4.78 is 11.5. The first kappa shape index (κ1) is 17.8. The van der Waals surface area contributed by atoms with E-state index in [-0.39, 0.29) is 12.0 Å². The molecule has 0 unspecified atom stereocenters. The van der Waals surface area contributed by atoms with Gasteiger partial charge in [-0.15, -0.1) is 0 Å². The molecule has 1 atom stereocenters. The highest BCUT2D eigenvalue weighted by molar-refractivity contribution is 7.99. The van der Waals surface area contributed by atoms with Crippen LogP contribution < -0.4 is 4.74 Å². The molecule has 0 aliphatic carbocycles. The third kappa shape index (κ3) is 4.21. The first-order valence-corrected chi connectivity index (χ1v) is 9.80. The third-order valence-corrected chi connectivity index (χ3v) is 5.14. The van der Waals surface area contributed by atoms with Gasteiger partial charge in [-0.3, -0.25) is 4.79 Å². The molecular formula is C19H20N4O3S. The fourth-order valence-electron chi connectivity index (χ4n) is 3.07. The molecule has 1 aromatic carbocycles. The highest BCUT2D eigenvalue weighted by Gasteiger charge is 2.28. The zero-order valence-electron chi connectivity index (χ0n) is 15.2. The molecule has 8 heteroatoms. The van der Waals surface area contributed by atoms with Gasteiger partial charge in [0.25, 0.3) is 5.22 Å². The second-order valence-electron chi connectivity index (χ2n) is 6.54. The molecule has 1 saturated heterocycles. The van der Waals surface area contributed by atoms with E-state index in [4.69, 9.17) is 9.15 Å². The van der Waals surface area contributed by atoms with Crippen LogP contribution in [0.2, 0.25) is 0 Å². The van der Waals surface area contributed by atoms with E-state index in [0.717, 1.165) is 28.9 Å². The standard InChI is InChI=1S/C19H20N4O3S/c1-12-9-13(2)21-18(20-12)25-14-7-8-23(10-14)17(24)11-27-19-22-15-5-3-4-6-16(15)26-19/h3-6,9,14H,7-8,10-11H2,1-2H3/t14-/m0/s1. The lowest BCUT2D eigenvalue weighted by Crippen LogP contribution is -2.32. The summed E-state index contributed by atoms with van der Waals surface area (Å²) >= 11 is 1.32. The zero-order valence-corrected chi connectivity index (χ0v) is 16.0. The van der Waals surface area contributed by atoms with Gasteiger partial charge in [0.05, 0.1) is 12.3 Å². The number of oxazole rings is 1. The summed E-state index contributed by atoms with van der Waals surface area (Å²) in [7, 11) is 0. The van der Waals surface area contributed by atoms with Crippen molar-refractivity contribution in [2.45, 2.75) is 31.6 Å². The van der Waals surface area contributed by atoms with Crippen molar-refractivity contribution in [3.05, 3.63) is 41.7 Å². The number of carbonyl (C=O) groups is 1. The van der Waals surface area contributed by atoms with Gasteiger partial charge in [-0.1, -0.05) is 23.9 Å². The molecule has 1 aliphatic rings. The summed E-state index contributed by atoms with van der Waals surface area (Å²) in [6.45, 7) is 5.04. The van der Waals surface area contributed by atoms with Gasteiger partial charge in [0.2, 0.25) is 5.91 Å². The van der Waals surface area contributed by atoms with E-state index in [1.807, 2.05) is 49.1 Å². The lowest BCUT2D eigenvalue weighted by molar-refractivity contribution is -0.127. The number of likely N-dealkylation sites (tertiary alicyclic amines) is 1. The smallest absolute Gasteiger partial charge is 0.317 e. The number of para-hydroxylation sites is 2. The Kier molecular flexibility index (Phi) is 4.98. The van der Waals surface area contributed by atoms with Gasteiger partial charge < -0.3 is 14.1 Å². The summed E-state index contributed by atoms with van der Waals surface area (Å²) in [5.41, 5.74) is 3.28. The Morgan fingerprint density at radius 1 is 1.26 bits per heavy atom. The second-order valence-corrected chi connectivity index (χ2v) is 7.46. The van der Waals surface area contributed by atoms with Crippen molar-refractivity contribution in [1.82, 2.24) is 19.9 Å². The van der Waals surface area contributed by atoms with Gasteiger partial charge in [-0.25, -0.2) is 15.0 Å². The van der Waals surface area contributed by atoms with Gasteiger partial charge >= 0.3 is 6.01 Å². The Balaban J connectivity index is 1.31. The van der Waals surface area contributed by atoms with Crippen molar-refractivity contribution in [2.24, 2.45) is 0 Å². The first-order chi connectivity index (χ1) is 13.1. The number of amides is 1. The average Bonchev–Trinajstić information content (AvgIpc) is 3.25. The molecule has 4 rings (SSSR count). The van der Waals surface area contributed by atoms with E-state index in [9.17, 15) is 4.79 Å². The van der Waals surface area contributed by atoms with E-state index in [1.165, 1.54) is 11.8 Å². The number of aryl methyl sites for hydroxylation is 2. The van der Waals surface area contributed by atoms with Crippen LogP contribution in [0.1, 0.15) is 17.8 Å². The van der Waals surface area contributed by atoms with Crippen LogP contribution in [0.5, 0.6) is 6.01 Å². The van der Waals surface area contributed by atoms with E-state index in [0.29, 0.717) is 30.1 Å². The Morgan fingerprint density at radius 3 is 2.81 bits per heavy atom. The van der Waals surface area contributed by atoms with Gasteiger partial charge in [-0.05, 0) is 32.0 Å². The molecule has 0 saturated carbocycles. The predicted octanol–water partition coefficient (Wildman–Crippen LogP) is 3.01. The van der Waals surface area contributed by atoms with Crippen molar-refractivity contribution in [3.63, 3.8) is 0 Å². The zero-order chi connectivity index (χ0) is 18.8. The summed E-state index contributed by atoms with van der Waals surface area (Å²) in [5, 5.41) is 0.514. The maximum atomic E-state index is 12.5. The maximum Gasteiger partial charge on any atom is 0.317 e. The highest BCUT2D eigenvalue weighted by Crippen LogP contribution is 2.24. The number of rotatable bonds is 5. The van der Waals surface area contributed by atoms with Crippen LogP contribution in [0.3, 0.4) is 0 Å². The first-order valence-electron chi connectivity index (χ1n) is 8.82. The molecule has 3 heterocycles. The van der Waals surface area contributed by atoms with Crippen LogP contribution in [0.15, 0.2) is 40.0 Å². The minimum absolute atomic E-state index is 0.0506. The fraction of sp³-hybridized carbons (Fsp3) is 0.368. The summed E-state index contributed by atoms with van der Waals surface area (Å²) in [6.07, 6.45) is 0.694. The van der Waals surface area contributed by atoms with Crippen LogP contribution >= 0.6 is 11.8 Å². The predicted molar refractivity (Wildman–Crippen MR) is 102 cm³/mol. The largest absolute Gasteiger partial charge is 0.458 e. The lowest BCUT2D eigenvalue weighted by Gasteiger charge is -2.16. The lowest BCUT2D eigenvalue weighted by atomic mass is 10.3. The summed E-state index contributed by atoms with van der Waals surface area (Å²) in [6, 6.07) is 9.85. The van der Waals surface area contributed by atoms with Gasteiger partial charge in [0, 0.05) is 24.4 Å². The number of carbonyl (C=O) groups excluding carboxylic acids is 1. The number of benzene rings is 1. The quantitative estimate of drug-likeness (QED) is 0.626. The second kappa shape index (κ2) is 7.56. The number of thioether (sulfide) groups is 1. The van der Waals surface area contributed by atoms with Crippen molar-refractivity contribution in [2.75, 3.05) is 18.8 Å². The molecule has 140 valence electrons. The number of fused-ring (bicyclic) bond motifs is 1. The van der Waals surface area contributed by atoms with E-state index in [2.05, 4.69) is 15.0 Å². The summed E-state index contributed by atoms with van der Waals surface area (Å²) in [4.78, 5) is 27.3. The molecule has 7 nitrogen and oxygen atoms in total. The van der Waals surface area contributed by atoms with Crippen LogP contribution in [0.4, 0.5) is 0 Å². The van der Waals surface area contributed by atoms with Crippen molar-refractivity contribution in [1.29, 1.82) is 0 Å². The molecule has 3 aromatic rings. The van der Waals surface area contributed by atoms with Crippen LogP contribution in [0, 0.1) is 13.8 Å². The molecule has 0 N–H and O–H groups in total. The van der Waals surface area contributed by atoms with Crippen molar-refractivity contribution >= 4 is 28.8 Å². The highest BCUT2D eigenvalue weighted by atomic mass is 32.2. The molecule has 1 fully saturated rings. The molecule has 0 spiro atoms. The Hall–Kier alpha value is -2.61. The van der Waals surface area contributed by atoms with E-state index >= 15 is 0 Å². The fourth-order valence-corrected chi connectivity index (χ4v) is 3.81. The Morgan fingerprint density at radius 2 is 2.04 bits per heavy atom. The number of hydrogen-bond donors (Lipinski definition) is 0. The molecule has 0 radical (unpaired) electrons. The van der Waals surface area contributed by atoms with Gasteiger partial charge in [-0.2, -0.15) is 0 Å². The molecule has 27 heavy (non-hydrogen) atoms. The Labute approximate surface area is 161 Å². The van der Waals surface area contributed by atoms with Crippen LogP contribution in [-0.2, 0) is 4.79 Å². The van der Waals surface area contributed by atoms with Crippen molar-refractivity contribution in [3.8, 4) is 6.01 Å². The molecule has 0 bridgehead atoms. The molecule has 1 amide bonds. The third-order valence-electron chi connectivity index (χ3n) is 4.32.